The third kappa shape index (κ3) is 6.65. The normalized spacial score (nSPS) is 15.3. The van der Waals surface area contributed by atoms with Crippen LogP contribution in [-0.2, 0) is 6.42 Å². The van der Waals surface area contributed by atoms with Gasteiger partial charge in [0, 0.05) is 56.1 Å². The summed E-state index contributed by atoms with van der Waals surface area (Å²) in [5, 5.41) is 3.16. The standard InChI is InChI=1S/C30H33FN6O.C2H6/c1-3-27-25(11-8-21-9-13-28(32-4-2)33-19-21)29(35-20-34-27)22-10-12-24(26(31)18-22)30(38)37-16-14-36(15-17-37)23-6-5-7-23;1-2/h9-10,12-13,18-20,23H,3-7,14-17H2,1-2H3,(H,32,33);1-2H3. The summed E-state index contributed by atoms with van der Waals surface area (Å²) in [6.07, 6.45) is 7.64. The summed E-state index contributed by atoms with van der Waals surface area (Å²) in [5.41, 5.74) is 3.40. The van der Waals surface area contributed by atoms with Crippen molar-refractivity contribution < 1.29 is 9.18 Å². The van der Waals surface area contributed by atoms with E-state index in [1.807, 2.05) is 39.8 Å². The van der Waals surface area contributed by atoms with E-state index in [2.05, 4.69) is 37.0 Å². The number of amides is 1. The van der Waals surface area contributed by atoms with Crippen molar-refractivity contribution in [1.82, 2.24) is 24.8 Å². The fourth-order valence-corrected chi connectivity index (χ4v) is 4.98. The van der Waals surface area contributed by atoms with Gasteiger partial charge >= 0.3 is 0 Å². The molecule has 1 saturated heterocycles. The fourth-order valence-electron chi connectivity index (χ4n) is 4.98. The molecule has 1 amide bonds. The Morgan fingerprint density at radius 3 is 2.40 bits per heavy atom. The van der Waals surface area contributed by atoms with E-state index < -0.39 is 5.82 Å². The predicted octanol–water partition coefficient (Wildman–Crippen LogP) is 5.41. The molecule has 0 bridgehead atoms. The van der Waals surface area contributed by atoms with Gasteiger partial charge in [0.05, 0.1) is 22.5 Å². The van der Waals surface area contributed by atoms with Crippen molar-refractivity contribution in [3.05, 3.63) is 71.1 Å². The number of piperazine rings is 1. The second-order valence-corrected chi connectivity index (χ2v) is 9.72. The van der Waals surface area contributed by atoms with Crippen LogP contribution < -0.4 is 5.32 Å². The minimum absolute atomic E-state index is 0.0927. The summed E-state index contributed by atoms with van der Waals surface area (Å²) in [6, 6.07) is 9.15. The maximum absolute atomic E-state index is 15.3. The van der Waals surface area contributed by atoms with Gasteiger partial charge in [-0.2, -0.15) is 0 Å². The molecule has 0 unspecified atom stereocenters. The molecule has 0 radical (unpaired) electrons. The summed E-state index contributed by atoms with van der Waals surface area (Å²) in [5.74, 6) is 6.32. The molecule has 40 heavy (non-hydrogen) atoms. The Labute approximate surface area is 237 Å². The van der Waals surface area contributed by atoms with Gasteiger partial charge in [-0.3, -0.25) is 9.69 Å². The molecule has 1 aliphatic heterocycles. The summed E-state index contributed by atoms with van der Waals surface area (Å²) in [7, 11) is 0. The van der Waals surface area contributed by atoms with Gasteiger partial charge in [0.2, 0.25) is 0 Å². The van der Waals surface area contributed by atoms with Crippen LogP contribution in [0.5, 0.6) is 0 Å². The van der Waals surface area contributed by atoms with Crippen molar-refractivity contribution in [2.45, 2.75) is 59.4 Å². The maximum Gasteiger partial charge on any atom is 0.256 e. The van der Waals surface area contributed by atoms with Crippen LogP contribution in [0.3, 0.4) is 0 Å². The molecule has 0 spiro atoms. The summed E-state index contributed by atoms with van der Waals surface area (Å²) >= 11 is 0. The molecule has 3 heterocycles. The molecule has 210 valence electrons. The molecule has 0 atom stereocenters. The first-order valence-corrected chi connectivity index (χ1v) is 14.5. The van der Waals surface area contributed by atoms with Crippen LogP contribution in [0.2, 0.25) is 0 Å². The van der Waals surface area contributed by atoms with Gasteiger partial charge in [-0.25, -0.2) is 19.3 Å². The molecule has 1 aliphatic carbocycles. The van der Waals surface area contributed by atoms with Crippen LogP contribution in [0.15, 0.2) is 42.9 Å². The lowest BCUT2D eigenvalue weighted by molar-refractivity contribution is 0.0452. The molecule has 7 nitrogen and oxygen atoms in total. The van der Waals surface area contributed by atoms with Crippen molar-refractivity contribution in [3.8, 4) is 23.1 Å². The average molecular weight is 543 g/mol. The summed E-state index contributed by atoms with van der Waals surface area (Å²) < 4.78 is 15.3. The number of anilines is 1. The lowest BCUT2D eigenvalue weighted by Crippen LogP contribution is -2.53. The minimum Gasteiger partial charge on any atom is -0.370 e. The Bertz CT molecular complexity index is 1350. The van der Waals surface area contributed by atoms with Gasteiger partial charge in [0.1, 0.15) is 18.0 Å². The van der Waals surface area contributed by atoms with Crippen LogP contribution in [0.1, 0.15) is 74.1 Å². The predicted molar refractivity (Wildman–Crippen MR) is 158 cm³/mol. The third-order valence-electron chi connectivity index (χ3n) is 7.38. The highest BCUT2D eigenvalue weighted by Gasteiger charge is 2.30. The number of benzene rings is 1. The molecule has 1 aromatic carbocycles. The number of carbonyl (C=O) groups is 1. The first-order valence-electron chi connectivity index (χ1n) is 14.5. The quantitative estimate of drug-likeness (QED) is 0.420. The number of halogens is 1. The van der Waals surface area contributed by atoms with Gasteiger partial charge in [-0.15, -0.1) is 0 Å². The molecule has 1 saturated carbocycles. The Hall–Kier alpha value is -3.83. The number of carbonyl (C=O) groups excluding carboxylic acids is 1. The highest BCUT2D eigenvalue weighted by atomic mass is 19.1. The molecular formula is C32H39FN6O. The maximum atomic E-state index is 15.3. The number of nitrogens with one attached hydrogen (secondary N) is 1. The van der Waals surface area contributed by atoms with Crippen LogP contribution in [0.25, 0.3) is 11.3 Å². The van der Waals surface area contributed by atoms with Gasteiger partial charge in [-0.1, -0.05) is 45.1 Å². The lowest BCUT2D eigenvalue weighted by atomic mass is 9.91. The highest BCUT2D eigenvalue weighted by molar-refractivity contribution is 5.95. The van der Waals surface area contributed by atoms with Crippen LogP contribution >= 0.6 is 0 Å². The van der Waals surface area contributed by atoms with Crippen molar-refractivity contribution in [2.75, 3.05) is 38.0 Å². The molecule has 8 heteroatoms. The van der Waals surface area contributed by atoms with E-state index >= 15 is 4.39 Å². The van der Waals surface area contributed by atoms with Gasteiger partial charge < -0.3 is 10.2 Å². The Kier molecular flexibility index (Phi) is 10.2. The first-order chi connectivity index (χ1) is 19.6. The zero-order valence-corrected chi connectivity index (χ0v) is 24.0. The zero-order chi connectivity index (χ0) is 28.5. The number of pyridine rings is 1. The Morgan fingerprint density at radius 2 is 1.80 bits per heavy atom. The second-order valence-electron chi connectivity index (χ2n) is 9.72. The minimum atomic E-state index is -0.548. The monoisotopic (exact) mass is 542 g/mol. The summed E-state index contributed by atoms with van der Waals surface area (Å²) in [4.78, 5) is 30.6. The molecule has 2 fully saturated rings. The average Bonchev–Trinajstić information content (AvgIpc) is 2.97. The summed E-state index contributed by atoms with van der Waals surface area (Å²) in [6.45, 7) is 11.8. The van der Waals surface area contributed by atoms with Crippen molar-refractivity contribution in [3.63, 3.8) is 0 Å². The molecule has 2 aromatic heterocycles. The van der Waals surface area contributed by atoms with E-state index in [0.717, 1.165) is 36.7 Å². The molecule has 2 aliphatic rings. The van der Waals surface area contributed by atoms with E-state index in [9.17, 15) is 4.79 Å². The third-order valence-corrected chi connectivity index (χ3v) is 7.38. The second kappa shape index (κ2) is 14.0. The lowest BCUT2D eigenvalue weighted by Gasteiger charge is -2.42. The highest BCUT2D eigenvalue weighted by Crippen LogP contribution is 2.28. The van der Waals surface area contributed by atoms with Crippen LogP contribution in [0, 0.1) is 17.7 Å². The van der Waals surface area contributed by atoms with E-state index in [0.29, 0.717) is 42.4 Å². The number of aryl methyl sites for hydroxylation is 1. The molecule has 5 rings (SSSR count). The topological polar surface area (TPSA) is 74.2 Å². The van der Waals surface area contributed by atoms with E-state index in [4.69, 9.17) is 0 Å². The number of rotatable bonds is 6. The molecule has 1 N–H and O–H groups in total. The van der Waals surface area contributed by atoms with Gasteiger partial charge in [0.25, 0.3) is 5.91 Å². The largest absolute Gasteiger partial charge is 0.370 e. The van der Waals surface area contributed by atoms with Gasteiger partial charge in [0.15, 0.2) is 0 Å². The number of nitrogens with zero attached hydrogens (tertiary/aromatic N) is 5. The fraction of sp³-hybridized carbons (Fsp3) is 0.438. The SMILES string of the molecule is CC.CCNc1ccc(C#Cc2c(CC)ncnc2-c2ccc(C(=O)N3CCN(C4CCC4)CC3)c(F)c2)cn1. The van der Waals surface area contributed by atoms with Crippen LogP contribution in [0.4, 0.5) is 10.2 Å². The van der Waals surface area contributed by atoms with E-state index in [1.54, 1.807) is 23.2 Å². The zero-order valence-electron chi connectivity index (χ0n) is 24.0. The number of hydrogen-bond acceptors (Lipinski definition) is 6. The Balaban J connectivity index is 0.00000181. The number of aromatic nitrogens is 3. The molecular weight excluding hydrogens is 503 g/mol. The first kappa shape index (κ1) is 29.2. The molecule has 3 aromatic rings. The van der Waals surface area contributed by atoms with Crippen molar-refractivity contribution in [1.29, 1.82) is 0 Å². The van der Waals surface area contributed by atoms with E-state index in [1.165, 1.54) is 31.7 Å². The number of hydrogen-bond donors (Lipinski definition) is 1. The van der Waals surface area contributed by atoms with Crippen molar-refractivity contribution in [2.24, 2.45) is 0 Å². The smallest absolute Gasteiger partial charge is 0.256 e. The van der Waals surface area contributed by atoms with Crippen LogP contribution in [-0.4, -0.2) is 69.4 Å². The van der Waals surface area contributed by atoms with E-state index in [-0.39, 0.29) is 11.5 Å². The van der Waals surface area contributed by atoms with Gasteiger partial charge in [-0.05, 0) is 50.5 Å². The van der Waals surface area contributed by atoms with Crippen molar-refractivity contribution >= 4 is 11.7 Å². The Morgan fingerprint density at radius 1 is 1.02 bits per heavy atom.